The van der Waals surface area contributed by atoms with E-state index in [4.69, 9.17) is 9.97 Å². The molecule has 0 bridgehead atoms. The highest BCUT2D eigenvalue weighted by molar-refractivity contribution is 7.26. The monoisotopic (exact) mass is 646 g/mol. The summed E-state index contributed by atoms with van der Waals surface area (Å²) in [6, 6.07) is 52.9. The summed E-state index contributed by atoms with van der Waals surface area (Å²) in [5.74, 6) is 0.739. The van der Waals surface area contributed by atoms with Gasteiger partial charge in [-0.25, -0.2) is 9.97 Å². The Morgan fingerprint density at radius 3 is 1.94 bits per heavy atom. The number of fused-ring (bicyclic) bond motifs is 8. The predicted molar refractivity (Wildman–Crippen MR) is 206 cm³/mol. The minimum Gasteiger partial charge on any atom is -0.228 e. The first kappa shape index (κ1) is 28.6. The average Bonchev–Trinajstić information content (AvgIpc) is 3.69. The molecule has 0 aliphatic heterocycles. The molecule has 1 spiro atoms. The minimum atomic E-state index is 0.151. The SMILES string of the molecule is c1ccc(-c2cc(-c3ccc4sc5c(-c6cccc7c6-c6ccccc6C76CCCCC6)cccc5c4c3)nc(-c3ccccc3)n2)cc1. The van der Waals surface area contributed by atoms with Crippen LogP contribution < -0.4 is 0 Å². The topological polar surface area (TPSA) is 25.8 Å². The molecule has 2 heterocycles. The highest BCUT2D eigenvalue weighted by Gasteiger charge is 2.44. The zero-order chi connectivity index (χ0) is 32.4. The maximum Gasteiger partial charge on any atom is 0.160 e. The molecular formula is C46H34N2S. The van der Waals surface area contributed by atoms with E-state index in [1.165, 1.54) is 74.5 Å². The molecule has 0 N–H and O–H groups in total. The van der Waals surface area contributed by atoms with E-state index in [9.17, 15) is 0 Å². The van der Waals surface area contributed by atoms with Gasteiger partial charge in [0.05, 0.1) is 11.4 Å². The van der Waals surface area contributed by atoms with Crippen LogP contribution in [0.4, 0.5) is 0 Å². The lowest BCUT2D eigenvalue weighted by atomic mass is 9.68. The van der Waals surface area contributed by atoms with Crippen molar-refractivity contribution in [2.24, 2.45) is 0 Å². The number of aromatic nitrogens is 2. The molecule has 0 unspecified atom stereocenters. The fourth-order valence-electron chi connectivity index (χ4n) is 8.66. The van der Waals surface area contributed by atoms with Gasteiger partial charge in [-0.1, -0.05) is 147 Å². The highest BCUT2D eigenvalue weighted by atomic mass is 32.1. The van der Waals surface area contributed by atoms with Crippen LogP contribution in [0.5, 0.6) is 0 Å². The first-order chi connectivity index (χ1) is 24.3. The van der Waals surface area contributed by atoms with Crippen LogP contribution in [0.25, 0.3) is 76.3 Å². The lowest BCUT2D eigenvalue weighted by molar-refractivity contribution is 0.353. The van der Waals surface area contributed by atoms with Gasteiger partial charge in [0.1, 0.15) is 0 Å². The van der Waals surface area contributed by atoms with E-state index in [-0.39, 0.29) is 5.41 Å². The summed E-state index contributed by atoms with van der Waals surface area (Å²) in [6.07, 6.45) is 6.45. The Hall–Kier alpha value is -5.38. The Bertz CT molecular complexity index is 2470. The number of benzene rings is 6. The van der Waals surface area contributed by atoms with Crippen molar-refractivity contribution in [1.82, 2.24) is 9.97 Å². The molecule has 6 aromatic carbocycles. The maximum atomic E-state index is 5.13. The van der Waals surface area contributed by atoms with E-state index in [0.29, 0.717) is 0 Å². The third-order valence-electron chi connectivity index (χ3n) is 10.9. The van der Waals surface area contributed by atoms with E-state index >= 15 is 0 Å². The Labute approximate surface area is 290 Å². The fraction of sp³-hybridized carbons (Fsp3) is 0.130. The van der Waals surface area contributed by atoms with Crippen LogP contribution >= 0.6 is 11.3 Å². The number of rotatable bonds is 4. The zero-order valence-corrected chi connectivity index (χ0v) is 28.0. The average molecular weight is 647 g/mol. The molecule has 1 fully saturated rings. The van der Waals surface area contributed by atoms with Crippen molar-refractivity contribution >= 4 is 31.5 Å². The van der Waals surface area contributed by atoms with Crippen LogP contribution in [0.15, 0.2) is 146 Å². The molecule has 8 aromatic rings. The first-order valence-corrected chi connectivity index (χ1v) is 18.3. The largest absolute Gasteiger partial charge is 0.228 e. The summed E-state index contributed by atoms with van der Waals surface area (Å²) in [7, 11) is 0. The van der Waals surface area contributed by atoms with Crippen LogP contribution in [0.1, 0.15) is 43.2 Å². The summed E-state index contributed by atoms with van der Waals surface area (Å²) in [5, 5.41) is 2.58. The number of nitrogens with zero attached hydrogens (tertiary/aromatic N) is 2. The molecule has 10 rings (SSSR count). The smallest absolute Gasteiger partial charge is 0.160 e. The summed E-state index contributed by atoms with van der Waals surface area (Å²) in [4.78, 5) is 10.1. The van der Waals surface area contributed by atoms with Gasteiger partial charge in [-0.05, 0) is 58.9 Å². The van der Waals surface area contributed by atoms with Crippen LogP contribution in [0.2, 0.25) is 0 Å². The quantitative estimate of drug-likeness (QED) is 0.190. The Morgan fingerprint density at radius 1 is 0.469 bits per heavy atom. The Kier molecular flexibility index (Phi) is 6.63. The lowest BCUT2D eigenvalue weighted by Crippen LogP contribution is -2.27. The van der Waals surface area contributed by atoms with Gasteiger partial charge in [0.15, 0.2) is 5.82 Å². The second kappa shape index (κ2) is 11.4. The van der Waals surface area contributed by atoms with E-state index in [2.05, 4.69) is 121 Å². The zero-order valence-electron chi connectivity index (χ0n) is 27.2. The van der Waals surface area contributed by atoms with Gasteiger partial charge in [-0.15, -0.1) is 11.3 Å². The molecule has 0 radical (unpaired) electrons. The third kappa shape index (κ3) is 4.53. The summed E-state index contributed by atoms with van der Waals surface area (Å²) in [5.41, 5.74) is 13.9. The van der Waals surface area contributed by atoms with E-state index < -0.39 is 0 Å². The molecular weight excluding hydrogens is 613 g/mol. The molecule has 2 nitrogen and oxygen atoms in total. The van der Waals surface area contributed by atoms with Gasteiger partial charge < -0.3 is 0 Å². The van der Waals surface area contributed by atoms with Crippen LogP contribution in [0, 0.1) is 0 Å². The normalized spacial score (nSPS) is 14.7. The molecule has 2 aromatic heterocycles. The Morgan fingerprint density at radius 2 is 1.12 bits per heavy atom. The van der Waals surface area contributed by atoms with Crippen molar-refractivity contribution in [2.75, 3.05) is 0 Å². The number of hydrogen-bond donors (Lipinski definition) is 0. The summed E-state index contributed by atoms with van der Waals surface area (Å²) >= 11 is 1.91. The molecule has 234 valence electrons. The standard InChI is InChI=1S/C46H34N2S/c1-4-14-30(15-5-1)40-29-41(48-45(47-40)31-16-6-2-7-17-31)32-24-25-42-37(28-32)35-21-12-20-34(44(35)49-42)33-19-13-23-39-43(33)36-18-8-9-22-38(36)46(39)26-10-3-11-27-46/h1-2,4-9,12-25,28-29H,3,10-11,26-27H2. The van der Waals surface area contributed by atoms with E-state index in [0.717, 1.165) is 33.9 Å². The minimum absolute atomic E-state index is 0.151. The van der Waals surface area contributed by atoms with Crippen LogP contribution in [-0.4, -0.2) is 9.97 Å². The molecule has 0 amide bonds. The fourth-order valence-corrected chi connectivity index (χ4v) is 9.87. The maximum absolute atomic E-state index is 5.13. The molecule has 0 saturated heterocycles. The number of thiophene rings is 1. The summed E-state index contributed by atoms with van der Waals surface area (Å²) < 4.78 is 2.64. The van der Waals surface area contributed by atoms with Crippen LogP contribution in [-0.2, 0) is 5.41 Å². The van der Waals surface area contributed by atoms with Crippen molar-refractivity contribution in [3.63, 3.8) is 0 Å². The summed E-state index contributed by atoms with van der Waals surface area (Å²) in [6.45, 7) is 0. The Balaban J connectivity index is 1.14. The molecule has 49 heavy (non-hydrogen) atoms. The molecule has 2 aliphatic rings. The third-order valence-corrected chi connectivity index (χ3v) is 12.1. The van der Waals surface area contributed by atoms with Crippen molar-refractivity contribution < 1.29 is 0 Å². The van der Waals surface area contributed by atoms with Crippen LogP contribution in [0.3, 0.4) is 0 Å². The molecule has 2 aliphatic carbocycles. The predicted octanol–water partition coefficient (Wildman–Crippen LogP) is 12.7. The van der Waals surface area contributed by atoms with Gasteiger partial charge in [0.2, 0.25) is 0 Å². The van der Waals surface area contributed by atoms with Crippen molar-refractivity contribution in [1.29, 1.82) is 0 Å². The molecule has 0 atom stereocenters. The van der Waals surface area contributed by atoms with Gasteiger partial charge in [0, 0.05) is 47.8 Å². The second-order valence-electron chi connectivity index (χ2n) is 13.6. The van der Waals surface area contributed by atoms with Crippen molar-refractivity contribution in [3.05, 3.63) is 157 Å². The van der Waals surface area contributed by atoms with Crippen molar-refractivity contribution in [3.8, 4) is 56.2 Å². The van der Waals surface area contributed by atoms with Gasteiger partial charge in [-0.3, -0.25) is 0 Å². The van der Waals surface area contributed by atoms with Gasteiger partial charge in [0.25, 0.3) is 0 Å². The van der Waals surface area contributed by atoms with E-state index in [1.54, 1.807) is 11.1 Å². The number of hydrogen-bond acceptors (Lipinski definition) is 3. The first-order valence-electron chi connectivity index (χ1n) is 17.5. The van der Waals surface area contributed by atoms with E-state index in [1.807, 2.05) is 35.6 Å². The molecule has 1 saturated carbocycles. The molecule has 3 heteroatoms. The van der Waals surface area contributed by atoms with Gasteiger partial charge >= 0.3 is 0 Å². The van der Waals surface area contributed by atoms with Crippen molar-refractivity contribution in [2.45, 2.75) is 37.5 Å². The van der Waals surface area contributed by atoms with Gasteiger partial charge in [-0.2, -0.15) is 0 Å². The second-order valence-corrected chi connectivity index (χ2v) is 14.7. The lowest BCUT2D eigenvalue weighted by Gasteiger charge is -2.36. The highest BCUT2D eigenvalue weighted by Crippen LogP contribution is 2.58.